The number of nitrogens with one attached hydrogen (secondary N) is 3. The maximum atomic E-state index is 12.1. The first kappa shape index (κ1) is 25.8. The van der Waals surface area contributed by atoms with E-state index in [-0.39, 0.29) is 29.9 Å². The first-order valence-corrected chi connectivity index (χ1v) is 9.85. The van der Waals surface area contributed by atoms with Gasteiger partial charge in [0.2, 0.25) is 0 Å². The maximum Gasteiger partial charge on any atom is 0.251 e. The van der Waals surface area contributed by atoms with Crippen molar-refractivity contribution in [1.82, 2.24) is 10.6 Å². The zero-order valence-corrected chi connectivity index (χ0v) is 20.4. The molecule has 7 nitrogen and oxygen atoms in total. The Hall–Kier alpha value is -2.20. The van der Waals surface area contributed by atoms with Gasteiger partial charge in [0, 0.05) is 35.4 Å². The quantitative estimate of drug-likeness (QED) is 0.190. The Bertz CT molecular complexity index is 832. The molecule has 0 aromatic heterocycles. The molecule has 2 aromatic rings. The van der Waals surface area contributed by atoms with Gasteiger partial charge in [0.15, 0.2) is 17.5 Å². The van der Waals surface area contributed by atoms with Crippen molar-refractivity contribution in [2.45, 2.75) is 13.8 Å². The van der Waals surface area contributed by atoms with Crippen LogP contribution in [0.5, 0.6) is 11.5 Å². The van der Waals surface area contributed by atoms with Crippen LogP contribution in [0.2, 0.25) is 5.02 Å². The minimum Gasteiger partial charge on any atom is -0.493 e. The minimum atomic E-state index is -0.161. The van der Waals surface area contributed by atoms with E-state index in [1.165, 1.54) is 0 Å². The summed E-state index contributed by atoms with van der Waals surface area (Å²) in [5, 5.41) is 9.83. The lowest BCUT2D eigenvalue weighted by molar-refractivity contribution is 0.0955. The van der Waals surface area contributed by atoms with E-state index in [1.54, 1.807) is 31.4 Å². The molecule has 9 heteroatoms. The van der Waals surface area contributed by atoms with Gasteiger partial charge >= 0.3 is 0 Å². The normalized spacial score (nSPS) is 10.6. The first-order chi connectivity index (χ1) is 14.1. The summed E-state index contributed by atoms with van der Waals surface area (Å²) in [4.78, 5) is 16.6. The van der Waals surface area contributed by atoms with Crippen molar-refractivity contribution in [3.8, 4) is 11.5 Å². The van der Waals surface area contributed by atoms with Crippen LogP contribution in [0.3, 0.4) is 0 Å². The highest BCUT2D eigenvalue weighted by atomic mass is 127. The third-order valence-electron chi connectivity index (χ3n) is 3.84. The summed E-state index contributed by atoms with van der Waals surface area (Å²) in [7, 11) is 1.60. The molecule has 0 radical (unpaired) electrons. The molecule has 0 aliphatic carbocycles. The lowest BCUT2D eigenvalue weighted by atomic mass is 10.2. The van der Waals surface area contributed by atoms with Crippen molar-refractivity contribution in [1.29, 1.82) is 0 Å². The predicted molar refractivity (Wildman–Crippen MR) is 133 cm³/mol. The van der Waals surface area contributed by atoms with E-state index in [4.69, 9.17) is 21.1 Å². The summed E-state index contributed by atoms with van der Waals surface area (Å²) in [6, 6.07) is 12.3. The SMILES string of the molecule is CCNC(=NCCNC(=O)c1ccc(Cl)cc1)Nc1ccc(OCC)c(OC)c1.I. The number of amides is 1. The third kappa shape index (κ3) is 8.27. The molecule has 0 bridgehead atoms. The molecule has 0 aliphatic rings. The number of hydrogen-bond donors (Lipinski definition) is 3. The summed E-state index contributed by atoms with van der Waals surface area (Å²) in [6.45, 7) is 6.01. The van der Waals surface area contributed by atoms with Gasteiger partial charge in [0.05, 0.1) is 20.3 Å². The molecule has 3 N–H and O–H groups in total. The minimum absolute atomic E-state index is 0. The fourth-order valence-corrected chi connectivity index (χ4v) is 2.63. The number of guanidine groups is 1. The van der Waals surface area contributed by atoms with Crippen LogP contribution in [0.1, 0.15) is 24.2 Å². The molecule has 30 heavy (non-hydrogen) atoms. The van der Waals surface area contributed by atoms with Gasteiger partial charge in [-0.2, -0.15) is 0 Å². The van der Waals surface area contributed by atoms with Crippen LogP contribution in [0.25, 0.3) is 0 Å². The van der Waals surface area contributed by atoms with Gasteiger partial charge in [0.25, 0.3) is 5.91 Å². The average molecular weight is 547 g/mol. The zero-order chi connectivity index (χ0) is 21.1. The van der Waals surface area contributed by atoms with Crippen molar-refractivity contribution in [2.24, 2.45) is 4.99 Å². The Labute approximate surface area is 199 Å². The molecule has 2 aromatic carbocycles. The van der Waals surface area contributed by atoms with E-state index in [0.29, 0.717) is 54.3 Å². The number of methoxy groups -OCH3 is 1. The van der Waals surface area contributed by atoms with Gasteiger partial charge in [-0.05, 0) is 50.2 Å². The van der Waals surface area contributed by atoms with Crippen LogP contribution in [-0.4, -0.2) is 45.2 Å². The fraction of sp³-hybridized carbons (Fsp3) is 0.333. The van der Waals surface area contributed by atoms with Crippen LogP contribution < -0.4 is 25.4 Å². The van der Waals surface area contributed by atoms with E-state index < -0.39 is 0 Å². The summed E-state index contributed by atoms with van der Waals surface area (Å²) >= 11 is 5.84. The maximum absolute atomic E-state index is 12.1. The molecule has 0 saturated heterocycles. The Morgan fingerprint density at radius 2 is 1.80 bits per heavy atom. The summed E-state index contributed by atoms with van der Waals surface area (Å²) < 4.78 is 10.9. The number of benzene rings is 2. The van der Waals surface area contributed by atoms with Crippen LogP contribution in [-0.2, 0) is 0 Å². The number of halogens is 2. The van der Waals surface area contributed by atoms with Crippen LogP contribution in [0.4, 0.5) is 5.69 Å². The third-order valence-corrected chi connectivity index (χ3v) is 4.10. The predicted octanol–water partition coefficient (Wildman–Crippen LogP) is 4.17. The number of rotatable bonds is 9. The number of ether oxygens (including phenoxy) is 2. The molecule has 2 rings (SSSR count). The van der Waals surface area contributed by atoms with Gasteiger partial charge in [-0.3, -0.25) is 9.79 Å². The van der Waals surface area contributed by atoms with Gasteiger partial charge in [-0.15, -0.1) is 24.0 Å². The molecule has 0 heterocycles. The lowest BCUT2D eigenvalue weighted by Crippen LogP contribution is -2.32. The number of carbonyl (C=O) groups excluding carboxylic acids is 1. The second-order valence-electron chi connectivity index (χ2n) is 5.95. The standard InChI is InChI=1S/C21H27ClN4O3.HI/c1-4-23-21(26-17-10-11-18(29-5-2)19(14-17)28-3)25-13-12-24-20(27)15-6-8-16(22)9-7-15;/h6-11,14H,4-5,12-13H2,1-3H3,(H,24,27)(H2,23,25,26);1H. The van der Waals surface area contributed by atoms with Crippen LogP contribution >= 0.6 is 35.6 Å². The molecule has 1 amide bonds. The number of aliphatic imine (C=N–C) groups is 1. The Morgan fingerprint density at radius 1 is 1.07 bits per heavy atom. The molecule has 0 saturated carbocycles. The molecule has 0 atom stereocenters. The second kappa shape index (κ2) is 13.9. The Balaban J connectivity index is 0.00000450. The largest absolute Gasteiger partial charge is 0.493 e. The Kier molecular flexibility index (Phi) is 12.0. The van der Waals surface area contributed by atoms with Gasteiger partial charge < -0.3 is 25.4 Å². The number of anilines is 1. The lowest BCUT2D eigenvalue weighted by Gasteiger charge is -2.14. The summed E-state index contributed by atoms with van der Waals surface area (Å²) in [6.07, 6.45) is 0. The Morgan fingerprint density at radius 3 is 2.43 bits per heavy atom. The molecule has 0 aliphatic heterocycles. The van der Waals surface area contributed by atoms with E-state index in [9.17, 15) is 4.79 Å². The van der Waals surface area contributed by atoms with Crippen LogP contribution in [0, 0.1) is 0 Å². The first-order valence-electron chi connectivity index (χ1n) is 9.47. The average Bonchev–Trinajstić information content (AvgIpc) is 2.72. The highest BCUT2D eigenvalue weighted by molar-refractivity contribution is 14.0. The number of nitrogens with zero attached hydrogens (tertiary/aromatic N) is 1. The molecule has 0 spiro atoms. The molecule has 0 fully saturated rings. The summed E-state index contributed by atoms with van der Waals surface area (Å²) in [5.74, 6) is 1.78. The van der Waals surface area contributed by atoms with Crippen molar-refractivity contribution in [3.05, 3.63) is 53.1 Å². The molecular formula is C21H28ClIN4O3. The van der Waals surface area contributed by atoms with Crippen LogP contribution in [0.15, 0.2) is 47.5 Å². The van der Waals surface area contributed by atoms with Gasteiger partial charge in [-0.25, -0.2) is 0 Å². The van der Waals surface area contributed by atoms with Crippen molar-refractivity contribution < 1.29 is 14.3 Å². The van der Waals surface area contributed by atoms with E-state index in [1.807, 2.05) is 32.0 Å². The monoisotopic (exact) mass is 546 g/mol. The van der Waals surface area contributed by atoms with Crippen molar-refractivity contribution >= 4 is 53.1 Å². The van der Waals surface area contributed by atoms with Gasteiger partial charge in [0.1, 0.15) is 0 Å². The molecule has 164 valence electrons. The van der Waals surface area contributed by atoms with Crippen molar-refractivity contribution in [2.75, 3.05) is 38.7 Å². The highest BCUT2D eigenvalue weighted by Crippen LogP contribution is 2.30. The molecular weight excluding hydrogens is 519 g/mol. The van der Waals surface area contributed by atoms with E-state index in [0.717, 1.165) is 5.69 Å². The van der Waals surface area contributed by atoms with E-state index >= 15 is 0 Å². The smallest absolute Gasteiger partial charge is 0.251 e. The number of hydrogen-bond acceptors (Lipinski definition) is 4. The van der Waals surface area contributed by atoms with Gasteiger partial charge in [-0.1, -0.05) is 11.6 Å². The highest BCUT2D eigenvalue weighted by Gasteiger charge is 2.07. The number of carbonyl (C=O) groups is 1. The summed E-state index contributed by atoms with van der Waals surface area (Å²) in [5.41, 5.74) is 1.38. The molecule has 0 unspecified atom stereocenters. The van der Waals surface area contributed by atoms with E-state index in [2.05, 4.69) is 20.9 Å². The second-order valence-corrected chi connectivity index (χ2v) is 6.38. The van der Waals surface area contributed by atoms with Crippen molar-refractivity contribution in [3.63, 3.8) is 0 Å². The zero-order valence-electron chi connectivity index (χ0n) is 17.3. The fourth-order valence-electron chi connectivity index (χ4n) is 2.50. The topological polar surface area (TPSA) is 84.0 Å².